The van der Waals surface area contributed by atoms with Crippen LogP contribution in [-0.2, 0) is 11.2 Å². The van der Waals surface area contributed by atoms with Crippen LogP contribution in [0.1, 0.15) is 24.8 Å². The van der Waals surface area contributed by atoms with Crippen molar-refractivity contribution in [1.29, 1.82) is 0 Å². The zero-order chi connectivity index (χ0) is 11.7. The van der Waals surface area contributed by atoms with Crippen molar-refractivity contribution in [2.75, 3.05) is 0 Å². The molecular formula is C14H18N2O. The summed E-state index contributed by atoms with van der Waals surface area (Å²) in [5.41, 5.74) is 7.40. The van der Waals surface area contributed by atoms with Crippen molar-refractivity contribution in [2.24, 2.45) is 10.7 Å². The van der Waals surface area contributed by atoms with Crippen LogP contribution in [-0.4, -0.2) is 24.1 Å². The number of hydrogen-bond donors (Lipinski definition) is 1. The zero-order valence-electron chi connectivity index (χ0n) is 9.88. The Morgan fingerprint density at radius 1 is 1.29 bits per heavy atom. The third kappa shape index (κ3) is 2.20. The van der Waals surface area contributed by atoms with Crippen molar-refractivity contribution in [1.82, 2.24) is 0 Å². The van der Waals surface area contributed by atoms with Gasteiger partial charge >= 0.3 is 0 Å². The van der Waals surface area contributed by atoms with Crippen LogP contribution >= 0.6 is 0 Å². The van der Waals surface area contributed by atoms with Crippen molar-refractivity contribution >= 4 is 5.90 Å². The van der Waals surface area contributed by atoms with Gasteiger partial charge in [-0.1, -0.05) is 30.3 Å². The Bertz CT molecular complexity index is 415. The fraction of sp³-hybridized carbons (Fsp3) is 0.500. The minimum atomic E-state index is -0.0944. The van der Waals surface area contributed by atoms with Gasteiger partial charge in [0.25, 0.3) is 0 Å². The van der Waals surface area contributed by atoms with Crippen LogP contribution in [0.2, 0.25) is 0 Å². The van der Waals surface area contributed by atoms with Gasteiger partial charge in [0.2, 0.25) is 5.90 Å². The fourth-order valence-electron chi connectivity index (χ4n) is 2.68. The highest BCUT2D eigenvalue weighted by Gasteiger charge is 2.36. The first-order chi connectivity index (χ1) is 8.33. The molecule has 2 N–H and O–H groups in total. The standard InChI is InChI=1S/C14H18N2O/c15-11(9-10-5-2-1-3-6-10)14-16-12-7-4-8-13(12)17-14/h1-3,5-6,11-13H,4,7-9,15H2/t11-,12?,13?/m0/s1. The van der Waals surface area contributed by atoms with E-state index >= 15 is 0 Å². The summed E-state index contributed by atoms with van der Waals surface area (Å²) in [7, 11) is 0. The van der Waals surface area contributed by atoms with Gasteiger partial charge in [-0.05, 0) is 31.2 Å². The highest BCUT2D eigenvalue weighted by atomic mass is 16.5. The maximum atomic E-state index is 6.16. The molecule has 1 aromatic carbocycles. The Morgan fingerprint density at radius 3 is 2.88 bits per heavy atom. The monoisotopic (exact) mass is 230 g/mol. The van der Waals surface area contributed by atoms with E-state index in [1.165, 1.54) is 12.0 Å². The third-order valence-corrected chi connectivity index (χ3v) is 3.60. The minimum absolute atomic E-state index is 0.0944. The number of nitrogens with two attached hydrogens (primary N) is 1. The average molecular weight is 230 g/mol. The van der Waals surface area contributed by atoms with E-state index in [-0.39, 0.29) is 6.04 Å². The molecule has 0 saturated heterocycles. The molecule has 3 atom stereocenters. The summed E-state index contributed by atoms with van der Waals surface area (Å²) in [6.45, 7) is 0. The van der Waals surface area contributed by atoms with Crippen LogP contribution in [0.5, 0.6) is 0 Å². The van der Waals surface area contributed by atoms with E-state index < -0.39 is 0 Å². The van der Waals surface area contributed by atoms with Gasteiger partial charge in [0.1, 0.15) is 6.10 Å². The predicted molar refractivity (Wildman–Crippen MR) is 68.1 cm³/mol. The van der Waals surface area contributed by atoms with Gasteiger partial charge < -0.3 is 10.5 Å². The van der Waals surface area contributed by atoms with Crippen LogP contribution < -0.4 is 5.73 Å². The minimum Gasteiger partial charge on any atom is -0.474 e. The van der Waals surface area contributed by atoms with Gasteiger partial charge in [-0.2, -0.15) is 0 Å². The molecule has 90 valence electrons. The van der Waals surface area contributed by atoms with Crippen LogP contribution in [0.4, 0.5) is 0 Å². The molecule has 17 heavy (non-hydrogen) atoms. The van der Waals surface area contributed by atoms with Gasteiger partial charge in [0.05, 0.1) is 12.1 Å². The lowest BCUT2D eigenvalue weighted by Crippen LogP contribution is -2.34. The average Bonchev–Trinajstić information content (AvgIpc) is 2.90. The smallest absolute Gasteiger partial charge is 0.201 e. The molecule has 1 saturated carbocycles. The summed E-state index contributed by atoms with van der Waals surface area (Å²) in [5, 5.41) is 0. The second kappa shape index (κ2) is 4.49. The number of rotatable bonds is 3. The Labute approximate surface area is 102 Å². The number of aliphatic imine (C=N–C) groups is 1. The molecule has 1 aliphatic carbocycles. The SMILES string of the molecule is N[C@@H](Cc1ccccc1)C1=NC2CCCC2O1. The number of ether oxygens (including phenoxy) is 1. The molecule has 3 nitrogen and oxygen atoms in total. The molecule has 2 unspecified atom stereocenters. The van der Waals surface area contributed by atoms with Crippen LogP contribution in [0.15, 0.2) is 35.3 Å². The topological polar surface area (TPSA) is 47.6 Å². The van der Waals surface area contributed by atoms with E-state index in [0.717, 1.165) is 25.2 Å². The van der Waals surface area contributed by atoms with E-state index in [0.29, 0.717) is 12.1 Å². The molecule has 0 bridgehead atoms. The fourth-order valence-corrected chi connectivity index (χ4v) is 2.68. The molecule has 0 aromatic heterocycles. The summed E-state index contributed by atoms with van der Waals surface area (Å²) >= 11 is 0. The maximum absolute atomic E-state index is 6.16. The predicted octanol–water partition coefficient (Wildman–Crippen LogP) is 1.91. The molecular weight excluding hydrogens is 212 g/mol. The molecule has 1 heterocycles. The summed E-state index contributed by atoms with van der Waals surface area (Å²) in [6, 6.07) is 10.6. The highest BCUT2D eigenvalue weighted by molar-refractivity contribution is 5.83. The molecule has 0 amide bonds. The van der Waals surface area contributed by atoms with Crippen molar-refractivity contribution in [2.45, 2.75) is 43.9 Å². The van der Waals surface area contributed by atoms with Gasteiger partial charge in [0, 0.05) is 0 Å². The van der Waals surface area contributed by atoms with Crippen LogP contribution in [0.3, 0.4) is 0 Å². The molecule has 3 heteroatoms. The van der Waals surface area contributed by atoms with Crippen LogP contribution in [0.25, 0.3) is 0 Å². The summed E-state index contributed by atoms with van der Waals surface area (Å²) in [6.07, 6.45) is 4.65. The Hall–Kier alpha value is -1.35. The van der Waals surface area contributed by atoms with E-state index in [1.807, 2.05) is 18.2 Å². The molecule has 0 radical (unpaired) electrons. The van der Waals surface area contributed by atoms with Gasteiger partial charge in [0.15, 0.2) is 0 Å². The second-order valence-corrected chi connectivity index (χ2v) is 4.92. The summed E-state index contributed by atoms with van der Waals surface area (Å²) in [4.78, 5) is 4.62. The molecule has 2 aliphatic rings. The molecule has 0 spiro atoms. The number of benzene rings is 1. The van der Waals surface area contributed by atoms with E-state index in [9.17, 15) is 0 Å². The largest absolute Gasteiger partial charge is 0.474 e. The first-order valence-electron chi connectivity index (χ1n) is 6.37. The van der Waals surface area contributed by atoms with E-state index in [2.05, 4.69) is 17.1 Å². The molecule has 1 fully saturated rings. The molecule has 3 rings (SSSR count). The lowest BCUT2D eigenvalue weighted by Gasteiger charge is -2.14. The lowest BCUT2D eigenvalue weighted by atomic mass is 10.1. The Balaban J connectivity index is 1.65. The molecule has 1 aliphatic heterocycles. The Kier molecular flexibility index (Phi) is 2.85. The van der Waals surface area contributed by atoms with Crippen molar-refractivity contribution < 1.29 is 4.74 Å². The number of fused-ring (bicyclic) bond motifs is 1. The summed E-state index contributed by atoms with van der Waals surface area (Å²) in [5.74, 6) is 0.767. The number of hydrogen-bond acceptors (Lipinski definition) is 3. The van der Waals surface area contributed by atoms with Gasteiger partial charge in [-0.25, -0.2) is 4.99 Å². The quantitative estimate of drug-likeness (QED) is 0.862. The normalized spacial score (nSPS) is 28.4. The zero-order valence-corrected chi connectivity index (χ0v) is 9.88. The van der Waals surface area contributed by atoms with Crippen molar-refractivity contribution in [3.63, 3.8) is 0 Å². The highest BCUT2D eigenvalue weighted by Crippen LogP contribution is 2.30. The number of nitrogens with zero attached hydrogens (tertiary/aromatic N) is 1. The van der Waals surface area contributed by atoms with Crippen molar-refractivity contribution in [3.05, 3.63) is 35.9 Å². The first kappa shape index (κ1) is 10.8. The van der Waals surface area contributed by atoms with Crippen LogP contribution in [0, 0.1) is 0 Å². The van der Waals surface area contributed by atoms with E-state index in [1.54, 1.807) is 0 Å². The van der Waals surface area contributed by atoms with Gasteiger partial charge in [-0.3, -0.25) is 0 Å². The van der Waals surface area contributed by atoms with Crippen molar-refractivity contribution in [3.8, 4) is 0 Å². The first-order valence-corrected chi connectivity index (χ1v) is 6.37. The molecule has 1 aromatic rings. The van der Waals surface area contributed by atoms with E-state index in [4.69, 9.17) is 10.5 Å². The third-order valence-electron chi connectivity index (χ3n) is 3.60. The maximum Gasteiger partial charge on any atom is 0.201 e. The Morgan fingerprint density at radius 2 is 2.12 bits per heavy atom. The second-order valence-electron chi connectivity index (χ2n) is 4.92. The summed E-state index contributed by atoms with van der Waals surface area (Å²) < 4.78 is 5.84. The lowest BCUT2D eigenvalue weighted by molar-refractivity contribution is 0.203. The van der Waals surface area contributed by atoms with Gasteiger partial charge in [-0.15, -0.1) is 0 Å².